The molecule has 0 spiro atoms. The second-order valence-corrected chi connectivity index (χ2v) is 6.33. The zero-order valence-electron chi connectivity index (χ0n) is 14.7. The van der Waals surface area contributed by atoms with Gasteiger partial charge in [0.2, 0.25) is 0 Å². The van der Waals surface area contributed by atoms with Crippen molar-refractivity contribution in [2.24, 2.45) is 0 Å². The molecular weight excluding hydrogens is 362 g/mol. The van der Waals surface area contributed by atoms with Crippen molar-refractivity contribution < 1.29 is 4.79 Å². The molecule has 0 aliphatic rings. The molecule has 0 saturated heterocycles. The molecule has 27 heavy (non-hydrogen) atoms. The molecule has 1 heterocycles. The summed E-state index contributed by atoms with van der Waals surface area (Å²) in [6.45, 7) is 3.63. The van der Waals surface area contributed by atoms with Gasteiger partial charge in [-0.25, -0.2) is 9.97 Å². The van der Waals surface area contributed by atoms with Crippen molar-refractivity contribution in [3.05, 3.63) is 76.2 Å². The van der Waals surface area contributed by atoms with Crippen molar-refractivity contribution in [2.45, 2.75) is 13.8 Å². The SMILES string of the molecule is Cc1nc(Nc2ccc(C)c(Cl)c2)cc(C(=O)Nc2cccc(C#N)c2)n1. The largest absolute Gasteiger partial charge is 0.340 e. The van der Waals surface area contributed by atoms with Crippen LogP contribution in [-0.2, 0) is 0 Å². The van der Waals surface area contributed by atoms with Crippen molar-refractivity contribution >= 4 is 34.7 Å². The third kappa shape index (κ3) is 4.60. The number of hydrogen-bond acceptors (Lipinski definition) is 5. The minimum atomic E-state index is -0.388. The van der Waals surface area contributed by atoms with Crippen LogP contribution in [-0.4, -0.2) is 15.9 Å². The van der Waals surface area contributed by atoms with Crippen LogP contribution < -0.4 is 10.6 Å². The highest BCUT2D eigenvalue weighted by Crippen LogP contribution is 2.23. The summed E-state index contributed by atoms with van der Waals surface area (Å²) in [6, 6.07) is 15.8. The fourth-order valence-electron chi connectivity index (χ4n) is 2.43. The van der Waals surface area contributed by atoms with E-state index in [0.717, 1.165) is 11.3 Å². The number of amides is 1. The van der Waals surface area contributed by atoms with Gasteiger partial charge in [-0.15, -0.1) is 0 Å². The molecule has 134 valence electrons. The number of halogens is 1. The fraction of sp³-hybridized carbons (Fsp3) is 0.100. The number of benzene rings is 2. The number of aromatic nitrogens is 2. The number of aryl methyl sites for hydroxylation is 2. The second-order valence-electron chi connectivity index (χ2n) is 5.92. The lowest BCUT2D eigenvalue weighted by Gasteiger charge is -2.10. The lowest BCUT2D eigenvalue weighted by Crippen LogP contribution is -2.15. The number of rotatable bonds is 4. The summed E-state index contributed by atoms with van der Waals surface area (Å²) in [5.41, 5.74) is 2.93. The van der Waals surface area contributed by atoms with Crippen LogP contribution in [0.5, 0.6) is 0 Å². The quantitative estimate of drug-likeness (QED) is 0.692. The number of nitrogens with one attached hydrogen (secondary N) is 2. The summed E-state index contributed by atoms with van der Waals surface area (Å²) < 4.78 is 0. The molecule has 0 saturated carbocycles. The smallest absolute Gasteiger partial charge is 0.274 e. The summed E-state index contributed by atoms with van der Waals surface area (Å²) >= 11 is 6.15. The maximum absolute atomic E-state index is 12.5. The van der Waals surface area contributed by atoms with E-state index in [1.165, 1.54) is 0 Å². The lowest BCUT2D eigenvalue weighted by molar-refractivity contribution is 0.102. The van der Waals surface area contributed by atoms with Crippen LogP contribution >= 0.6 is 11.6 Å². The first kappa shape index (κ1) is 18.4. The summed E-state index contributed by atoms with van der Waals surface area (Å²) in [7, 11) is 0. The standard InChI is InChI=1S/C20H16ClN5O/c1-12-6-7-16(9-17(12)21)25-19-10-18(23-13(2)24-19)20(27)26-15-5-3-4-14(8-15)11-22/h3-10H,1-2H3,(H,26,27)(H,23,24,25). The molecule has 1 aromatic heterocycles. The Bertz CT molecular complexity index is 1060. The molecule has 3 rings (SSSR count). The first-order valence-corrected chi connectivity index (χ1v) is 8.53. The topological polar surface area (TPSA) is 90.7 Å². The van der Waals surface area contributed by atoms with Gasteiger partial charge in [0.25, 0.3) is 5.91 Å². The van der Waals surface area contributed by atoms with Gasteiger partial charge in [0.1, 0.15) is 17.3 Å². The van der Waals surface area contributed by atoms with E-state index >= 15 is 0 Å². The van der Waals surface area contributed by atoms with Crippen molar-refractivity contribution in [3.8, 4) is 6.07 Å². The molecule has 0 atom stereocenters. The van der Waals surface area contributed by atoms with E-state index in [2.05, 4.69) is 20.6 Å². The summed E-state index contributed by atoms with van der Waals surface area (Å²) in [4.78, 5) is 21.0. The monoisotopic (exact) mass is 377 g/mol. The molecule has 0 bridgehead atoms. The van der Waals surface area contributed by atoms with Gasteiger partial charge in [0.15, 0.2) is 0 Å². The predicted molar refractivity (Wildman–Crippen MR) is 105 cm³/mol. The third-order valence-corrected chi connectivity index (χ3v) is 4.17. The lowest BCUT2D eigenvalue weighted by atomic mass is 10.2. The summed E-state index contributed by atoms with van der Waals surface area (Å²) in [5, 5.41) is 15.5. The van der Waals surface area contributed by atoms with Crippen molar-refractivity contribution in [1.82, 2.24) is 9.97 Å². The molecule has 0 aliphatic heterocycles. The average Bonchev–Trinajstić information content (AvgIpc) is 2.64. The molecule has 6 nitrogen and oxygen atoms in total. The van der Waals surface area contributed by atoms with Crippen molar-refractivity contribution in [2.75, 3.05) is 10.6 Å². The minimum Gasteiger partial charge on any atom is -0.340 e. The van der Waals surface area contributed by atoms with Crippen LogP contribution in [0.4, 0.5) is 17.2 Å². The fourth-order valence-corrected chi connectivity index (χ4v) is 2.61. The molecule has 0 fully saturated rings. The summed E-state index contributed by atoms with van der Waals surface area (Å²) in [6.07, 6.45) is 0. The molecule has 0 aliphatic carbocycles. The highest BCUT2D eigenvalue weighted by molar-refractivity contribution is 6.31. The maximum Gasteiger partial charge on any atom is 0.274 e. The maximum atomic E-state index is 12.5. The highest BCUT2D eigenvalue weighted by Gasteiger charge is 2.12. The Balaban J connectivity index is 1.82. The van der Waals surface area contributed by atoms with Crippen LogP contribution in [0.3, 0.4) is 0 Å². The zero-order valence-corrected chi connectivity index (χ0v) is 15.5. The van der Waals surface area contributed by atoms with E-state index in [4.69, 9.17) is 16.9 Å². The van der Waals surface area contributed by atoms with E-state index in [9.17, 15) is 4.79 Å². The minimum absolute atomic E-state index is 0.213. The van der Waals surface area contributed by atoms with Gasteiger partial charge < -0.3 is 10.6 Å². The van der Waals surface area contributed by atoms with E-state index in [1.54, 1.807) is 43.3 Å². The van der Waals surface area contributed by atoms with Crippen LogP contribution in [0.1, 0.15) is 27.4 Å². The Hall–Kier alpha value is -3.43. The van der Waals surface area contributed by atoms with E-state index in [0.29, 0.717) is 27.9 Å². The first-order chi connectivity index (χ1) is 12.9. The average molecular weight is 378 g/mol. The van der Waals surface area contributed by atoms with E-state index in [1.807, 2.05) is 25.1 Å². The molecule has 1 amide bonds. The van der Waals surface area contributed by atoms with E-state index in [-0.39, 0.29) is 11.6 Å². The Kier molecular flexibility index (Phi) is 5.34. The van der Waals surface area contributed by atoms with Gasteiger partial charge in [-0.05, 0) is 49.7 Å². The number of hydrogen-bond donors (Lipinski definition) is 2. The third-order valence-electron chi connectivity index (χ3n) is 3.76. The van der Waals surface area contributed by atoms with Crippen LogP contribution in [0, 0.1) is 25.2 Å². The Morgan fingerprint density at radius 3 is 2.63 bits per heavy atom. The Labute approximate surface area is 161 Å². The van der Waals surface area contributed by atoms with Crippen LogP contribution in [0.25, 0.3) is 0 Å². The van der Waals surface area contributed by atoms with Crippen LogP contribution in [0.15, 0.2) is 48.5 Å². The van der Waals surface area contributed by atoms with Gasteiger partial charge in [-0.2, -0.15) is 5.26 Å². The van der Waals surface area contributed by atoms with E-state index < -0.39 is 0 Å². The number of nitrogens with zero attached hydrogens (tertiary/aromatic N) is 3. The Morgan fingerprint density at radius 2 is 1.89 bits per heavy atom. The molecule has 2 N–H and O–H groups in total. The van der Waals surface area contributed by atoms with Gasteiger partial charge in [-0.1, -0.05) is 23.7 Å². The molecular formula is C20H16ClN5O. The Morgan fingerprint density at radius 1 is 1.07 bits per heavy atom. The number of carbonyl (C=O) groups is 1. The van der Waals surface area contributed by atoms with Crippen molar-refractivity contribution in [1.29, 1.82) is 5.26 Å². The van der Waals surface area contributed by atoms with Gasteiger partial charge >= 0.3 is 0 Å². The van der Waals surface area contributed by atoms with Crippen molar-refractivity contribution in [3.63, 3.8) is 0 Å². The predicted octanol–water partition coefficient (Wildman–Crippen LogP) is 4.61. The molecule has 3 aromatic rings. The molecule has 0 radical (unpaired) electrons. The number of anilines is 3. The molecule has 2 aromatic carbocycles. The number of nitriles is 1. The first-order valence-electron chi connectivity index (χ1n) is 8.15. The second kappa shape index (κ2) is 7.85. The zero-order chi connectivity index (χ0) is 19.4. The highest BCUT2D eigenvalue weighted by atomic mass is 35.5. The van der Waals surface area contributed by atoms with Gasteiger partial charge in [0, 0.05) is 22.5 Å². The number of carbonyl (C=O) groups excluding carboxylic acids is 1. The normalized spacial score (nSPS) is 10.1. The van der Waals surface area contributed by atoms with Crippen LogP contribution in [0.2, 0.25) is 5.02 Å². The van der Waals surface area contributed by atoms with Gasteiger partial charge in [0.05, 0.1) is 11.6 Å². The molecule has 7 heteroatoms. The summed E-state index contributed by atoms with van der Waals surface area (Å²) in [5.74, 6) is 0.549. The van der Waals surface area contributed by atoms with Gasteiger partial charge in [-0.3, -0.25) is 4.79 Å². The molecule has 0 unspecified atom stereocenters.